The van der Waals surface area contributed by atoms with Crippen molar-refractivity contribution in [3.05, 3.63) is 73.1 Å². The van der Waals surface area contributed by atoms with Crippen molar-refractivity contribution in [2.45, 2.75) is 6.92 Å². The lowest BCUT2D eigenvalue weighted by Gasteiger charge is -2.07. The van der Waals surface area contributed by atoms with Crippen molar-refractivity contribution in [1.82, 2.24) is 20.0 Å². The lowest BCUT2D eigenvalue weighted by atomic mass is 10.2. The third kappa shape index (κ3) is 4.38. The van der Waals surface area contributed by atoms with Gasteiger partial charge in [-0.3, -0.25) is 9.89 Å². The Balaban J connectivity index is 1.64. The number of halogens is 3. The van der Waals surface area contributed by atoms with Gasteiger partial charge in [0.1, 0.15) is 16.4 Å². The van der Waals surface area contributed by atoms with Crippen LogP contribution in [0, 0.1) is 6.92 Å². The maximum absolute atomic E-state index is 12.9. The fourth-order valence-electron chi connectivity index (χ4n) is 2.85. The van der Waals surface area contributed by atoms with Crippen LogP contribution >= 0.6 is 46.1 Å². The molecule has 4 aromatic rings. The van der Waals surface area contributed by atoms with Crippen molar-refractivity contribution in [3.8, 4) is 22.0 Å². The zero-order valence-corrected chi connectivity index (χ0v) is 19.3. The Bertz CT molecular complexity index is 1320. The molecule has 2 aromatic carbocycles. The second kappa shape index (κ2) is 8.84. The molecular weight excluding hydrogens is 481 g/mol. The van der Waals surface area contributed by atoms with E-state index in [1.165, 1.54) is 34.4 Å². The molecule has 0 aliphatic heterocycles. The van der Waals surface area contributed by atoms with Gasteiger partial charge in [-0.1, -0.05) is 46.1 Å². The summed E-state index contributed by atoms with van der Waals surface area (Å²) in [5, 5.41) is 13.2. The van der Waals surface area contributed by atoms with E-state index in [2.05, 4.69) is 20.3 Å². The molecule has 2 aromatic heterocycles. The molecule has 0 atom stereocenters. The van der Waals surface area contributed by atoms with Crippen LogP contribution in [0.2, 0.25) is 15.1 Å². The topological polar surface area (TPSA) is 85.2 Å². The first kappa shape index (κ1) is 21.6. The number of nitrogens with zero attached hydrogens (tertiary/aromatic N) is 4. The third-order valence-electron chi connectivity index (χ3n) is 4.38. The summed E-state index contributed by atoms with van der Waals surface area (Å²) in [4.78, 5) is 17.3. The lowest BCUT2D eigenvalue weighted by molar-refractivity contribution is 0.415. The number of rotatable bonds is 5. The van der Waals surface area contributed by atoms with Crippen LogP contribution < -0.4 is 10.3 Å². The number of aryl methyl sites for hydroxylation is 1. The number of nitrogens with one attached hydrogen (secondary N) is 1. The summed E-state index contributed by atoms with van der Waals surface area (Å²) in [5.74, 6) is 0.756. The number of aromatic amines is 1. The van der Waals surface area contributed by atoms with Gasteiger partial charge < -0.3 is 4.74 Å². The number of aromatic nitrogens is 4. The number of aliphatic imine (C=N–C) groups is 1. The van der Waals surface area contributed by atoms with E-state index in [4.69, 9.17) is 39.5 Å². The van der Waals surface area contributed by atoms with Gasteiger partial charge in [-0.05, 0) is 43.3 Å². The van der Waals surface area contributed by atoms with Crippen molar-refractivity contribution in [1.29, 1.82) is 0 Å². The minimum Gasteiger partial charge on any atom is -0.497 e. The van der Waals surface area contributed by atoms with E-state index in [1.54, 1.807) is 14.0 Å². The quantitative estimate of drug-likeness (QED) is 0.360. The molecule has 0 fully saturated rings. The maximum atomic E-state index is 12.9. The molecule has 2 heterocycles. The minimum absolute atomic E-state index is 0.248. The molecule has 31 heavy (non-hydrogen) atoms. The molecule has 11 heteroatoms. The molecule has 0 saturated carbocycles. The first-order valence-electron chi connectivity index (χ1n) is 8.86. The summed E-state index contributed by atoms with van der Waals surface area (Å²) in [5.41, 5.74) is 1.80. The van der Waals surface area contributed by atoms with Gasteiger partial charge in [-0.2, -0.15) is 0 Å². The maximum Gasteiger partial charge on any atom is 0.280 e. The van der Waals surface area contributed by atoms with Gasteiger partial charge in [0, 0.05) is 22.5 Å². The van der Waals surface area contributed by atoms with Gasteiger partial charge in [-0.15, -0.1) is 10.2 Å². The first-order valence-corrected chi connectivity index (χ1v) is 10.8. The highest BCUT2D eigenvalue weighted by Gasteiger charge is 2.17. The molecule has 158 valence electrons. The summed E-state index contributed by atoms with van der Waals surface area (Å²) in [6.45, 7) is 1.75. The third-order valence-corrected chi connectivity index (χ3v) is 6.05. The summed E-state index contributed by atoms with van der Waals surface area (Å²) in [6, 6.07) is 10.5. The Morgan fingerprint density at radius 3 is 2.45 bits per heavy atom. The van der Waals surface area contributed by atoms with Crippen LogP contribution in [0.25, 0.3) is 16.3 Å². The molecule has 0 bridgehead atoms. The Labute approximate surface area is 195 Å². The largest absolute Gasteiger partial charge is 0.497 e. The Morgan fingerprint density at radius 2 is 1.81 bits per heavy atom. The van der Waals surface area contributed by atoms with Crippen LogP contribution in [0.4, 0.5) is 5.13 Å². The number of hydrogen-bond donors (Lipinski definition) is 1. The van der Waals surface area contributed by atoms with E-state index in [0.717, 1.165) is 11.3 Å². The highest BCUT2D eigenvalue weighted by molar-refractivity contribution is 7.18. The van der Waals surface area contributed by atoms with Crippen LogP contribution in [0.3, 0.4) is 0 Å². The van der Waals surface area contributed by atoms with E-state index >= 15 is 0 Å². The molecule has 0 amide bonds. The van der Waals surface area contributed by atoms with Gasteiger partial charge >= 0.3 is 0 Å². The van der Waals surface area contributed by atoms with E-state index < -0.39 is 0 Å². The van der Waals surface area contributed by atoms with E-state index in [9.17, 15) is 4.79 Å². The predicted molar refractivity (Wildman–Crippen MR) is 125 cm³/mol. The number of benzene rings is 2. The highest BCUT2D eigenvalue weighted by atomic mass is 35.5. The summed E-state index contributed by atoms with van der Waals surface area (Å²) < 4.78 is 6.43. The van der Waals surface area contributed by atoms with Gasteiger partial charge in [0.05, 0.1) is 22.7 Å². The molecule has 0 aliphatic rings. The molecule has 0 unspecified atom stereocenters. The summed E-state index contributed by atoms with van der Waals surface area (Å²) in [6.07, 6.45) is 1.45. The SMILES string of the molecule is COc1ccc(-c2nnc(N=Cc3c(C)[nH]n(-c4c(Cl)cc(Cl)cc4Cl)c3=O)s2)cc1. The molecule has 0 radical (unpaired) electrons. The molecular formula is C20H14Cl3N5O2S. The summed E-state index contributed by atoms with van der Waals surface area (Å²) in [7, 11) is 1.61. The Morgan fingerprint density at radius 1 is 1.13 bits per heavy atom. The van der Waals surface area contributed by atoms with E-state index in [1.807, 2.05) is 24.3 Å². The van der Waals surface area contributed by atoms with Gasteiger partial charge in [0.2, 0.25) is 5.13 Å². The molecule has 0 spiro atoms. The van der Waals surface area contributed by atoms with E-state index in [-0.39, 0.29) is 15.6 Å². The van der Waals surface area contributed by atoms with Crippen molar-refractivity contribution in [3.63, 3.8) is 0 Å². The van der Waals surface area contributed by atoms with Crippen LogP contribution in [-0.4, -0.2) is 33.3 Å². The van der Waals surface area contributed by atoms with Gasteiger partial charge in [0.15, 0.2) is 0 Å². The fraction of sp³-hybridized carbons (Fsp3) is 0.100. The van der Waals surface area contributed by atoms with Gasteiger partial charge in [-0.25, -0.2) is 9.67 Å². The highest BCUT2D eigenvalue weighted by Crippen LogP contribution is 2.32. The fourth-order valence-corrected chi connectivity index (χ4v) is 4.54. The molecule has 7 nitrogen and oxygen atoms in total. The van der Waals surface area contributed by atoms with Crippen LogP contribution in [0.5, 0.6) is 5.75 Å². The standard InChI is InChI=1S/C20H14Cl3N5O2S/c1-10-14(19(29)28(27-10)17-15(22)7-12(21)8-16(17)23)9-24-20-26-25-18(31-20)11-3-5-13(30-2)6-4-11/h3-9,27H,1-2H3. The number of H-pyrrole nitrogens is 1. The smallest absolute Gasteiger partial charge is 0.280 e. The van der Waals surface area contributed by atoms with Crippen LogP contribution in [0.1, 0.15) is 11.3 Å². The molecule has 4 rings (SSSR count). The average Bonchev–Trinajstić information content (AvgIpc) is 3.31. The molecule has 0 aliphatic carbocycles. The normalized spacial score (nSPS) is 11.4. The van der Waals surface area contributed by atoms with Crippen molar-refractivity contribution in [2.24, 2.45) is 4.99 Å². The van der Waals surface area contributed by atoms with Gasteiger partial charge in [0.25, 0.3) is 5.56 Å². The average molecular weight is 495 g/mol. The zero-order chi connectivity index (χ0) is 22.1. The Hall–Kier alpha value is -2.65. The Kier molecular flexibility index (Phi) is 6.15. The van der Waals surface area contributed by atoms with Crippen molar-refractivity contribution >= 4 is 57.5 Å². The number of ether oxygens (including phenoxy) is 1. The summed E-state index contributed by atoms with van der Waals surface area (Å²) >= 11 is 19.8. The predicted octanol–water partition coefficient (Wildman–Crippen LogP) is 5.71. The van der Waals surface area contributed by atoms with Crippen molar-refractivity contribution < 1.29 is 4.74 Å². The zero-order valence-electron chi connectivity index (χ0n) is 16.2. The number of hydrogen-bond acceptors (Lipinski definition) is 6. The minimum atomic E-state index is -0.354. The second-order valence-corrected chi connectivity index (χ2v) is 8.59. The van der Waals surface area contributed by atoms with Crippen molar-refractivity contribution in [2.75, 3.05) is 7.11 Å². The number of methoxy groups -OCH3 is 1. The van der Waals surface area contributed by atoms with E-state index in [0.29, 0.717) is 32.1 Å². The second-order valence-electron chi connectivity index (χ2n) is 6.39. The van der Waals surface area contributed by atoms with Crippen LogP contribution in [0.15, 0.2) is 46.2 Å². The molecule has 1 N–H and O–H groups in total. The first-order chi connectivity index (χ1) is 14.9. The lowest BCUT2D eigenvalue weighted by Crippen LogP contribution is -2.18. The monoisotopic (exact) mass is 493 g/mol. The van der Waals surface area contributed by atoms with Crippen LogP contribution in [-0.2, 0) is 0 Å². The molecule has 0 saturated heterocycles.